The van der Waals surface area contributed by atoms with Crippen molar-refractivity contribution < 1.29 is 0 Å². The summed E-state index contributed by atoms with van der Waals surface area (Å²) in [5.74, 6) is 0.985. The lowest BCUT2D eigenvalue weighted by Crippen LogP contribution is -2.17. The van der Waals surface area contributed by atoms with Gasteiger partial charge in [0.15, 0.2) is 5.84 Å². The molecule has 2 N–H and O–H groups in total. The Hall–Kier alpha value is -7.24. The molecule has 5 nitrogen and oxygen atoms in total. The molecule has 54 heavy (non-hydrogen) atoms. The van der Waals surface area contributed by atoms with E-state index in [1.807, 2.05) is 42.5 Å². The number of para-hydroxylation sites is 3. The van der Waals surface area contributed by atoms with E-state index < -0.39 is 0 Å². The van der Waals surface area contributed by atoms with Gasteiger partial charge in [-0.2, -0.15) is 0 Å². The molecule has 0 aliphatic rings. The molecule has 0 atom stereocenters. The van der Waals surface area contributed by atoms with Crippen LogP contribution in [0.25, 0.3) is 71.2 Å². The molecule has 8 aromatic carbocycles. The third-order valence-electron chi connectivity index (χ3n) is 10.5. The summed E-state index contributed by atoms with van der Waals surface area (Å²) in [6.07, 6.45) is 0. The van der Waals surface area contributed by atoms with E-state index in [4.69, 9.17) is 15.7 Å². The fraction of sp³-hybridized carbons (Fsp3) is 0.0204. The van der Waals surface area contributed by atoms with Crippen LogP contribution in [0.2, 0.25) is 0 Å². The average Bonchev–Trinajstić information content (AvgIpc) is 3.75. The van der Waals surface area contributed by atoms with Crippen LogP contribution in [-0.2, 0) is 6.67 Å². The van der Waals surface area contributed by atoms with Gasteiger partial charge in [0.05, 0.1) is 22.1 Å². The minimum atomic E-state index is 0.344. The molecule has 0 unspecified atom stereocenters. The lowest BCUT2D eigenvalue weighted by molar-refractivity contribution is 0.792. The molecule has 10 aromatic rings. The Balaban J connectivity index is 1.16. The van der Waals surface area contributed by atoms with Gasteiger partial charge in [-0.15, -0.1) is 0 Å². The summed E-state index contributed by atoms with van der Waals surface area (Å²) in [5, 5.41) is 7.18. The van der Waals surface area contributed by atoms with Crippen molar-refractivity contribution in [2.75, 3.05) is 0 Å². The SMILES string of the molecule is NC(=N/C(=N\Cn1c2ccccc2c2ccc3c4ccccc4n(-c4ccccc4)c3c21)c1ccccc1)c1cccc(-c2cccc3ccccc23)c1. The first kappa shape index (κ1) is 31.5. The Kier molecular flexibility index (Phi) is 7.62. The maximum absolute atomic E-state index is 6.88. The first-order chi connectivity index (χ1) is 26.7. The molecular weight excluding hydrogens is 659 g/mol. The number of amidine groups is 2. The Morgan fingerprint density at radius 2 is 1.07 bits per heavy atom. The van der Waals surface area contributed by atoms with Crippen molar-refractivity contribution in [2.24, 2.45) is 15.7 Å². The number of aliphatic imine (C=N–C) groups is 2. The molecule has 0 saturated heterocycles. The van der Waals surface area contributed by atoms with Crippen LogP contribution in [-0.4, -0.2) is 20.8 Å². The fourth-order valence-corrected chi connectivity index (χ4v) is 8.00. The highest BCUT2D eigenvalue weighted by Gasteiger charge is 2.20. The van der Waals surface area contributed by atoms with E-state index in [2.05, 4.69) is 155 Å². The second-order valence-electron chi connectivity index (χ2n) is 13.6. The lowest BCUT2D eigenvalue weighted by atomic mass is 9.97. The van der Waals surface area contributed by atoms with Gasteiger partial charge >= 0.3 is 0 Å². The van der Waals surface area contributed by atoms with Crippen molar-refractivity contribution in [3.8, 4) is 16.8 Å². The maximum atomic E-state index is 6.88. The van der Waals surface area contributed by atoms with Crippen LogP contribution in [0, 0.1) is 0 Å². The highest BCUT2D eigenvalue weighted by molar-refractivity contribution is 6.23. The third kappa shape index (κ3) is 5.25. The van der Waals surface area contributed by atoms with E-state index in [1.54, 1.807) is 0 Å². The van der Waals surface area contributed by atoms with Gasteiger partial charge in [-0.05, 0) is 52.2 Å². The minimum absolute atomic E-state index is 0.344. The average molecular weight is 694 g/mol. The predicted octanol–water partition coefficient (Wildman–Crippen LogP) is 11.5. The highest BCUT2D eigenvalue weighted by atomic mass is 15.1. The summed E-state index contributed by atoms with van der Waals surface area (Å²) in [7, 11) is 0. The van der Waals surface area contributed by atoms with Crippen LogP contribution in [0.5, 0.6) is 0 Å². The van der Waals surface area contributed by atoms with Gasteiger partial charge in [-0.1, -0.05) is 158 Å². The zero-order valence-electron chi connectivity index (χ0n) is 29.5. The first-order valence-electron chi connectivity index (χ1n) is 18.2. The number of rotatable bonds is 6. The molecule has 256 valence electrons. The van der Waals surface area contributed by atoms with Gasteiger partial charge in [-0.3, -0.25) is 0 Å². The van der Waals surface area contributed by atoms with Crippen LogP contribution in [0.1, 0.15) is 11.1 Å². The van der Waals surface area contributed by atoms with Gasteiger partial charge in [0.1, 0.15) is 12.5 Å². The van der Waals surface area contributed by atoms with Crippen LogP contribution in [0.4, 0.5) is 0 Å². The van der Waals surface area contributed by atoms with Crippen LogP contribution in [0.3, 0.4) is 0 Å². The topological polar surface area (TPSA) is 60.6 Å². The summed E-state index contributed by atoms with van der Waals surface area (Å²) < 4.78 is 4.73. The molecule has 0 saturated carbocycles. The number of hydrogen-bond acceptors (Lipinski definition) is 1. The first-order valence-corrected chi connectivity index (χ1v) is 18.2. The Labute approximate surface area is 312 Å². The van der Waals surface area contributed by atoms with E-state index in [0.29, 0.717) is 18.3 Å². The Bertz CT molecular complexity index is 3070. The lowest BCUT2D eigenvalue weighted by Gasteiger charge is -2.12. The van der Waals surface area contributed by atoms with E-state index in [9.17, 15) is 0 Å². The second-order valence-corrected chi connectivity index (χ2v) is 13.6. The summed E-state index contributed by atoms with van der Waals surface area (Å²) in [5.41, 5.74) is 16.5. The largest absolute Gasteiger partial charge is 0.383 e. The van der Waals surface area contributed by atoms with E-state index in [1.165, 1.54) is 37.8 Å². The summed E-state index contributed by atoms with van der Waals surface area (Å²) in [6, 6.07) is 65.7. The van der Waals surface area contributed by atoms with Crippen molar-refractivity contribution >= 4 is 66.1 Å². The molecule has 0 fully saturated rings. The van der Waals surface area contributed by atoms with Crippen molar-refractivity contribution in [3.63, 3.8) is 0 Å². The van der Waals surface area contributed by atoms with Crippen LogP contribution >= 0.6 is 0 Å². The normalized spacial score (nSPS) is 12.4. The zero-order chi connectivity index (χ0) is 36.0. The number of hydrogen-bond donors (Lipinski definition) is 1. The predicted molar refractivity (Wildman–Crippen MR) is 227 cm³/mol. The van der Waals surface area contributed by atoms with Crippen molar-refractivity contribution in [1.29, 1.82) is 0 Å². The molecule has 0 aliphatic heterocycles. The smallest absolute Gasteiger partial charge is 0.158 e. The number of fused-ring (bicyclic) bond motifs is 8. The molecule has 0 radical (unpaired) electrons. The second kappa shape index (κ2) is 13.1. The van der Waals surface area contributed by atoms with Gasteiger partial charge in [-0.25, -0.2) is 9.98 Å². The molecule has 2 heterocycles. The van der Waals surface area contributed by atoms with E-state index in [-0.39, 0.29) is 0 Å². The monoisotopic (exact) mass is 693 g/mol. The molecule has 10 rings (SSSR count). The molecule has 2 aromatic heterocycles. The summed E-state index contributed by atoms with van der Waals surface area (Å²) in [6.45, 7) is 0.344. The molecule has 0 spiro atoms. The summed E-state index contributed by atoms with van der Waals surface area (Å²) >= 11 is 0. The third-order valence-corrected chi connectivity index (χ3v) is 10.5. The van der Waals surface area contributed by atoms with E-state index >= 15 is 0 Å². The van der Waals surface area contributed by atoms with E-state index in [0.717, 1.165) is 44.5 Å². The van der Waals surface area contributed by atoms with Crippen molar-refractivity contribution in [3.05, 3.63) is 199 Å². The van der Waals surface area contributed by atoms with Gasteiger partial charge in [0.2, 0.25) is 0 Å². The summed E-state index contributed by atoms with van der Waals surface area (Å²) in [4.78, 5) is 10.4. The molecular formula is C49H35N5. The Morgan fingerprint density at radius 1 is 0.481 bits per heavy atom. The standard InChI is InChI=1S/C49H35N5/c50-48(36-20-13-19-35(31-36)39-26-14-18-33-15-7-8-23-38(33)39)52-49(34-16-3-1-4-17-34)51-32-53-44-27-11-9-24-40(44)42-29-30-43-41-25-10-12-28-45(41)54(47(43)46(42)53)37-21-5-2-6-22-37/h1-31H,32H2,(H2,50,51,52). The highest BCUT2D eigenvalue weighted by Crippen LogP contribution is 2.40. The number of nitrogens with two attached hydrogens (primary N) is 1. The molecule has 5 heteroatoms. The van der Waals surface area contributed by atoms with Gasteiger partial charge in [0, 0.05) is 38.4 Å². The minimum Gasteiger partial charge on any atom is -0.383 e. The van der Waals surface area contributed by atoms with Gasteiger partial charge < -0.3 is 14.9 Å². The quantitative estimate of drug-likeness (QED) is 0.137. The maximum Gasteiger partial charge on any atom is 0.158 e. The molecule has 0 amide bonds. The van der Waals surface area contributed by atoms with Crippen molar-refractivity contribution in [1.82, 2.24) is 9.13 Å². The molecule has 0 bridgehead atoms. The van der Waals surface area contributed by atoms with Crippen LogP contribution in [0.15, 0.2) is 198 Å². The number of aromatic nitrogens is 2. The van der Waals surface area contributed by atoms with Crippen LogP contribution < -0.4 is 5.73 Å². The molecule has 0 aliphatic carbocycles. The fourth-order valence-electron chi connectivity index (χ4n) is 8.00. The number of benzene rings is 8. The van der Waals surface area contributed by atoms with Crippen molar-refractivity contribution in [2.45, 2.75) is 6.67 Å². The number of nitrogens with zero attached hydrogens (tertiary/aromatic N) is 4. The zero-order valence-corrected chi connectivity index (χ0v) is 29.5. The van der Waals surface area contributed by atoms with Gasteiger partial charge in [0.25, 0.3) is 0 Å². The Morgan fingerprint density at radius 3 is 1.87 bits per heavy atom.